The van der Waals surface area contributed by atoms with Crippen LogP contribution >= 0.6 is 31.3 Å². The molecule has 2 N–H and O–H groups in total. The third-order valence-corrected chi connectivity index (χ3v) is 13.6. The fourth-order valence-electron chi connectivity index (χ4n) is 7.64. The quantitative estimate of drug-likeness (QED) is 0.0500. The van der Waals surface area contributed by atoms with Gasteiger partial charge in [-0.3, -0.25) is 14.2 Å². The van der Waals surface area contributed by atoms with Crippen LogP contribution in [0.15, 0.2) is 0 Å². The van der Waals surface area contributed by atoms with Gasteiger partial charge in [-0.25, -0.2) is 0 Å². The maximum Gasteiger partial charge on any atom is 0.306 e. The third kappa shape index (κ3) is 33.6. The highest BCUT2D eigenvalue weighted by Gasteiger charge is 2.55. The van der Waals surface area contributed by atoms with Crippen molar-refractivity contribution < 1.29 is 104 Å². The molecule has 1 aliphatic carbocycles. The van der Waals surface area contributed by atoms with E-state index in [0.29, 0.717) is 19.3 Å². The van der Waals surface area contributed by atoms with Crippen LogP contribution in [0.1, 0.15) is 194 Å². The highest BCUT2D eigenvalue weighted by Crippen LogP contribution is 2.49. The molecule has 26 heteroatoms. The summed E-state index contributed by atoms with van der Waals surface area (Å²) >= 11 is 0. The van der Waals surface area contributed by atoms with Gasteiger partial charge in [0.2, 0.25) is 0 Å². The van der Waals surface area contributed by atoms with E-state index in [-0.39, 0.29) is 12.8 Å². The Morgan fingerprint density at radius 3 is 1.09 bits per heavy atom. The number of ether oxygens (including phenoxy) is 2. The summed E-state index contributed by atoms with van der Waals surface area (Å²) < 4.78 is 79.5. The van der Waals surface area contributed by atoms with Crippen molar-refractivity contribution in [2.75, 3.05) is 13.2 Å². The van der Waals surface area contributed by atoms with Crippen LogP contribution in [0.3, 0.4) is 0 Å². The van der Waals surface area contributed by atoms with Crippen molar-refractivity contribution in [1.29, 1.82) is 0 Å². The molecule has 0 aromatic carbocycles. The lowest BCUT2D eigenvalue weighted by Gasteiger charge is -2.52. The number of rotatable bonds is 42. The van der Waals surface area contributed by atoms with Gasteiger partial charge in [-0.2, -0.15) is 0 Å². The predicted octanol–water partition coefficient (Wildman–Crippen LogP) is 3.65. The first-order chi connectivity index (χ1) is 31.5. The molecule has 1 aliphatic rings. The van der Waals surface area contributed by atoms with Gasteiger partial charge in [-0.15, -0.1) is 0 Å². The number of unbranched alkanes of at least 4 members (excludes halogenated alkanes) is 24. The molecule has 0 aromatic rings. The van der Waals surface area contributed by atoms with E-state index in [1.807, 2.05) is 0 Å². The zero-order valence-corrected chi connectivity index (χ0v) is 42.7. The first kappa shape index (κ1) is 64.3. The molecule has 398 valence electrons. The van der Waals surface area contributed by atoms with Crippen LogP contribution in [0.2, 0.25) is 0 Å². The van der Waals surface area contributed by atoms with Crippen LogP contribution in [0.25, 0.3) is 0 Å². The lowest BCUT2D eigenvalue weighted by atomic mass is 9.85. The van der Waals surface area contributed by atoms with E-state index in [1.54, 1.807) is 0 Å². The first-order valence-corrected chi connectivity index (χ1v) is 29.8. The number of carbonyl (C=O) groups is 2. The minimum atomic E-state index is -6.37. The van der Waals surface area contributed by atoms with Crippen molar-refractivity contribution in [3.63, 3.8) is 0 Å². The number of aliphatic hydroxyl groups is 2. The summed E-state index contributed by atoms with van der Waals surface area (Å²) in [4.78, 5) is 107. The van der Waals surface area contributed by atoms with E-state index in [9.17, 15) is 72.3 Å². The Bertz CT molecular complexity index is 1480. The van der Waals surface area contributed by atoms with Crippen molar-refractivity contribution in [3.05, 3.63) is 0 Å². The number of hydrogen-bond donors (Lipinski definition) is 2. The van der Waals surface area contributed by atoms with Crippen LogP contribution in [-0.4, -0.2) is 78.1 Å². The SMILES string of the molecule is CCCCCCCCCCCCCCCC(=O)OC[C@H](COP(=O)([O-])OC1[C@H](O)[C@H](OP(=O)([O-])[O-])C(OP(=O)([O-])[O-])[C@H](OP(=O)([O-])[O-])[C@H]1O)OC(=O)CCCCCCCCCCCCCCC. The molecule has 22 nitrogen and oxygen atoms in total. The van der Waals surface area contributed by atoms with E-state index in [2.05, 4.69) is 31.9 Å². The number of carbonyl (C=O) groups excluding carboxylic acids is 2. The summed E-state index contributed by atoms with van der Waals surface area (Å²) in [5.41, 5.74) is 0. The molecule has 1 saturated carbocycles. The molecule has 0 bridgehead atoms. The summed E-state index contributed by atoms with van der Waals surface area (Å²) in [6.45, 7) is 2.55. The Morgan fingerprint density at radius 1 is 0.433 bits per heavy atom. The molecule has 0 aromatic heterocycles. The third-order valence-electron chi connectivity index (χ3n) is 11.1. The molecule has 0 radical (unpaired) electrons. The summed E-state index contributed by atoms with van der Waals surface area (Å²) in [6.07, 6.45) is 8.20. The van der Waals surface area contributed by atoms with Gasteiger partial charge in [0, 0.05) is 12.8 Å². The number of esters is 2. The van der Waals surface area contributed by atoms with E-state index >= 15 is 0 Å². The minimum absolute atomic E-state index is 0.00346. The maximum atomic E-state index is 13.1. The fraction of sp³-hybridized carbons (Fsp3) is 0.951. The Balaban J connectivity index is 2.91. The van der Waals surface area contributed by atoms with E-state index < -0.39 is 99.2 Å². The average molecular weight is 1040 g/mol. The molecular formula is C41H75O22P4-7. The molecule has 0 aliphatic heterocycles. The van der Waals surface area contributed by atoms with E-state index in [4.69, 9.17) is 14.0 Å². The van der Waals surface area contributed by atoms with Gasteiger partial charge >= 0.3 is 11.9 Å². The topological polar surface area (TPSA) is 369 Å². The monoisotopic (exact) mass is 1040 g/mol. The minimum Gasteiger partial charge on any atom is -0.790 e. The Hall–Kier alpha value is -0.700. The van der Waals surface area contributed by atoms with Gasteiger partial charge in [0.05, 0.1) is 30.1 Å². The number of hydrogen-bond acceptors (Lipinski definition) is 22. The summed E-state index contributed by atoms with van der Waals surface area (Å²) in [5, 5.41) is 21.5. The molecule has 3 unspecified atom stereocenters. The average Bonchev–Trinajstić information content (AvgIpc) is 3.22. The lowest BCUT2D eigenvalue weighted by Crippen LogP contribution is -2.66. The largest absolute Gasteiger partial charge is 0.790 e. The molecule has 0 heterocycles. The zero-order valence-electron chi connectivity index (χ0n) is 39.1. The lowest BCUT2D eigenvalue weighted by molar-refractivity contribution is -0.373. The van der Waals surface area contributed by atoms with Crippen LogP contribution in [-0.2, 0) is 59.9 Å². The van der Waals surface area contributed by atoms with Gasteiger partial charge in [-0.1, -0.05) is 168 Å². The van der Waals surface area contributed by atoms with Crippen molar-refractivity contribution in [1.82, 2.24) is 0 Å². The van der Waals surface area contributed by atoms with Crippen LogP contribution in [0, 0.1) is 0 Å². The molecule has 67 heavy (non-hydrogen) atoms. The molecular weight excluding hydrogens is 968 g/mol. The molecule has 8 atom stereocenters. The Morgan fingerprint density at radius 2 is 0.746 bits per heavy atom. The highest BCUT2D eigenvalue weighted by atomic mass is 31.2. The summed E-state index contributed by atoms with van der Waals surface area (Å²) in [6, 6.07) is 0. The number of phosphoric ester groups is 4. The second kappa shape index (κ2) is 35.4. The normalized spacial score (nSPS) is 21.8. The Kier molecular flexibility index (Phi) is 34.0. The molecule has 0 saturated heterocycles. The van der Waals surface area contributed by atoms with Gasteiger partial charge in [0.25, 0.3) is 7.82 Å². The first-order valence-electron chi connectivity index (χ1n) is 23.9. The standard InChI is InChI=1S/C41H82O22P4/c1-3-5-7-9-11-13-15-17-19-21-23-25-27-29-34(42)57-31-33(59-35(43)30-28-26-24-22-20-18-16-14-12-10-8-6-4-2)32-58-67(55,56)63-38-36(44)39(60-64(46,47)48)41(62-66(52,53)54)40(37(38)45)61-65(49,50)51/h33,36-41,44-45H,3-32H2,1-2H3,(H,55,56)(H2,46,47,48)(H2,49,50,51)(H2,52,53,54)/p-7/t33-,36+,37+,38?,39-,40+,41?/m1/s1. The second-order valence-corrected chi connectivity index (χ2v) is 21.8. The summed E-state index contributed by atoms with van der Waals surface area (Å²) in [5.74, 6) is -1.49. The zero-order chi connectivity index (χ0) is 50.4. The second-order valence-electron chi connectivity index (χ2n) is 17.1. The van der Waals surface area contributed by atoms with Crippen LogP contribution in [0.5, 0.6) is 0 Å². The fourth-order valence-corrected chi connectivity index (χ4v) is 10.2. The summed E-state index contributed by atoms with van der Waals surface area (Å²) in [7, 11) is -25.1. The van der Waals surface area contributed by atoms with Gasteiger partial charge in [0.1, 0.15) is 43.2 Å². The smallest absolute Gasteiger partial charge is 0.306 e. The maximum absolute atomic E-state index is 13.1. The molecule has 1 fully saturated rings. The molecule has 0 amide bonds. The van der Waals surface area contributed by atoms with E-state index in [1.165, 1.54) is 89.9 Å². The van der Waals surface area contributed by atoms with Gasteiger partial charge < -0.3 is 90.3 Å². The van der Waals surface area contributed by atoms with Gasteiger partial charge in [-0.05, 0) is 12.8 Å². The van der Waals surface area contributed by atoms with Crippen molar-refractivity contribution >= 4 is 43.2 Å². The van der Waals surface area contributed by atoms with Crippen molar-refractivity contribution in [2.24, 2.45) is 0 Å². The van der Waals surface area contributed by atoms with E-state index in [0.717, 1.165) is 57.8 Å². The molecule has 1 rings (SSSR count). The van der Waals surface area contributed by atoms with Crippen LogP contribution < -0.4 is 34.3 Å². The Labute approximate surface area is 396 Å². The number of aliphatic hydroxyl groups excluding tert-OH is 2. The number of phosphoric acid groups is 4. The molecule has 0 spiro atoms. The van der Waals surface area contributed by atoms with Crippen molar-refractivity contribution in [3.8, 4) is 0 Å². The predicted molar refractivity (Wildman–Crippen MR) is 229 cm³/mol. The van der Waals surface area contributed by atoms with Crippen molar-refractivity contribution in [2.45, 2.75) is 236 Å². The van der Waals surface area contributed by atoms with Crippen LogP contribution in [0.4, 0.5) is 0 Å². The van der Waals surface area contributed by atoms with Gasteiger partial charge in [0.15, 0.2) is 6.10 Å². The highest BCUT2D eigenvalue weighted by molar-refractivity contribution is 7.46.